The smallest absolute Gasteiger partial charge is 0.191 e. The number of guanidine groups is 1. The van der Waals surface area contributed by atoms with Crippen LogP contribution < -0.4 is 15.4 Å². The van der Waals surface area contributed by atoms with E-state index in [0.29, 0.717) is 12.6 Å². The molecule has 0 unspecified atom stereocenters. The monoisotopic (exact) mass is 382 g/mol. The molecular weight excluding hydrogens is 348 g/mol. The molecule has 0 atom stereocenters. The van der Waals surface area contributed by atoms with Gasteiger partial charge < -0.3 is 15.4 Å². The molecule has 0 fully saturated rings. The van der Waals surface area contributed by atoms with E-state index in [0.717, 1.165) is 36.9 Å². The molecule has 28 heavy (non-hydrogen) atoms. The van der Waals surface area contributed by atoms with Crippen molar-refractivity contribution in [3.05, 3.63) is 65.2 Å². The molecule has 0 spiro atoms. The number of aliphatic imine (C=N–C) groups is 1. The maximum Gasteiger partial charge on any atom is 0.191 e. The van der Waals surface area contributed by atoms with Crippen LogP contribution in [0.15, 0.2) is 53.5 Å². The highest BCUT2D eigenvalue weighted by atomic mass is 16.5. The number of ether oxygens (including phenoxy) is 1. The van der Waals surface area contributed by atoms with Gasteiger partial charge in [-0.05, 0) is 56.6 Å². The Kier molecular flexibility index (Phi) is 8.82. The van der Waals surface area contributed by atoms with E-state index in [4.69, 9.17) is 9.73 Å². The van der Waals surface area contributed by atoms with Crippen LogP contribution in [0, 0.1) is 0 Å². The minimum Gasteiger partial charge on any atom is -0.497 e. The van der Waals surface area contributed by atoms with Crippen LogP contribution in [0.4, 0.5) is 0 Å². The average molecular weight is 383 g/mol. The van der Waals surface area contributed by atoms with Crippen molar-refractivity contribution < 1.29 is 4.74 Å². The van der Waals surface area contributed by atoms with E-state index in [1.165, 1.54) is 11.1 Å². The largest absolute Gasteiger partial charge is 0.497 e. The summed E-state index contributed by atoms with van der Waals surface area (Å²) < 4.78 is 5.29. The van der Waals surface area contributed by atoms with E-state index < -0.39 is 0 Å². The summed E-state index contributed by atoms with van der Waals surface area (Å²) in [6, 6.07) is 17.1. The van der Waals surface area contributed by atoms with Gasteiger partial charge in [-0.1, -0.05) is 36.4 Å². The molecule has 0 heterocycles. The van der Waals surface area contributed by atoms with Gasteiger partial charge in [0.2, 0.25) is 0 Å². The van der Waals surface area contributed by atoms with Crippen molar-refractivity contribution in [2.75, 3.05) is 20.7 Å². The van der Waals surface area contributed by atoms with Gasteiger partial charge in [-0.2, -0.15) is 0 Å². The number of methoxy groups -OCH3 is 1. The molecule has 0 saturated heterocycles. The molecule has 0 saturated carbocycles. The normalized spacial score (nSPS) is 11.8. The van der Waals surface area contributed by atoms with Crippen molar-refractivity contribution in [1.82, 2.24) is 15.5 Å². The maximum atomic E-state index is 5.29. The van der Waals surface area contributed by atoms with Gasteiger partial charge in [0.05, 0.1) is 13.7 Å². The zero-order chi connectivity index (χ0) is 20.4. The second kappa shape index (κ2) is 11.3. The number of hydrogen-bond donors (Lipinski definition) is 2. The predicted molar refractivity (Wildman–Crippen MR) is 118 cm³/mol. The van der Waals surface area contributed by atoms with E-state index >= 15 is 0 Å². The second-order valence-electron chi connectivity index (χ2n) is 7.18. The Morgan fingerprint density at radius 2 is 1.82 bits per heavy atom. The van der Waals surface area contributed by atoms with Gasteiger partial charge in [0.25, 0.3) is 0 Å². The quantitative estimate of drug-likeness (QED) is 0.512. The van der Waals surface area contributed by atoms with Crippen molar-refractivity contribution in [1.29, 1.82) is 0 Å². The minimum absolute atomic E-state index is 0.516. The summed E-state index contributed by atoms with van der Waals surface area (Å²) >= 11 is 0. The third-order valence-electron chi connectivity index (χ3n) is 4.76. The fourth-order valence-electron chi connectivity index (χ4n) is 2.80. The first-order valence-electron chi connectivity index (χ1n) is 9.95. The number of hydrogen-bond acceptors (Lipinski definition) is 3. The third-order valence-corrected chi connectivity index (χ3v) is 4.76. The Balaban J connectivity index is 2.04. The third kappa shape index (κ3) is 6.89. The molecule has 0 aliphatic heterocycles. The molecule has 0 bridgehead atoms. The molecule has 2 N–H and O–H groups in total. The Labute approximate surface area is 169 Å². The molecule has 152 valence electrons. The SMILES string of the molecule is CCNC(=NCc1cccc(OC)c1)NCc1ccccc1CN(C)C(C)C. The van der Waals surface area contributed by atoms with Crippen molar-refractivity contribution in [2.45, 2.75) is 46.4 Å². The van der Waals surface area contributed by atoms with Crippen LogP contribution in [0.3, 0.4) is 0 Å². The molecule has 0 aliphatic rings. The Bertz CT molecular complexity index is 758. The Hall–Kier alpha value is -2.53. The van der Waals surface area contributed by atoms with Crippen LogP contribution in [0.1, 0.15) is 37.5 Å². The van der Waals surface area contributed by atoms with Crippen LogP contribution in [-0.2, 0) is 19.6 Å². The first kappa shape index (κ1) is 21.8. The van der Waals surface area contributed by atoms with E-state index in [1.54, 1.807) is 7.11 Å². The number of nitrogens with zero attached hydrogens (tertiary/aromatic N) is 2. The Morgan fingerprint density at radius 1 is 1.07 bits per heavy atom. The summed E-state index contributed by atoms with van der Waals surface area (Å²) in [5.41, 5.74) is 3.76. The maximum absolute atomic E-state index is 5.29. The lowest BCUT2D eigenvalue weighted by Gasteiger charge is -2.23. The molecule has 0 amide bonds. The van der Waals surface area contributed by atoms with E-state index in [1.807, 2.05) is 18.2 Å². The fraction of sp³-hybridized carbons (Fsp3) is 0.435. The second-order valence-corrected chi connectivity index (χ2v) is 7.18. The van der Waals surface area contributed by atoms with E-state index in [9.17, 15) is 0 Å². The summed E-state index contributed by atoms with van der Waals surface area (Å²) in [7, 11) is 3.84. The van der Waals surface area contributed by atoms with Crippen LogP contribution in [0.5, 0.6) is 5.75 Å². The van der Waals surface area contributed by atoms with Gasteiger partial charge >= 0.3 is 0 Å². The minimum atomic E-state index is 0.516. The molecular formula is C23H34N4O. The van der Waals surface area contributed by atoms with Gasteiger partial charge in [-0.25, -0.2) is 4.99 Å². The summed E-state index contributed by atoms with van der Waals surface area (Å²) in [5, 5.41) is 6.80. The van der Waals surface area contributed by atoms with Gasteiger partial charge in [0.15, 0.2) is 5.96 Å². The van der Waals surface area contributed by atoms with Crippen LogP contribution in [0.25, 0.3) is 0 Å². The number of nitrogens with one attached hydrogen (secondary N) is 2. The molecule has 5 nitrogen and oxygen atoms in total. The average Bonchev–Trinajstić information content (AvgIpc) is 2.71. The first-order chi connectivity index (χ1) is 13.5. The van der Waals surface area contributed by atoms with Crippen molar-refractivity contribution in [3.8, 4) is 5.75 Å². The topological polar surface area (TPSA) is 48.9 Å². The van der Waals surface area contributed by atoms with Crippen LogP contribution >= 0.6 is 0 Å². The van der Waals surface area contributed by atoms with Gasteiger partial charge in [-0.3, -0.25) is 4.90 Å². The molecule has 2 rings (SSSR count). The van der Waals surface area contributed by atoms with Crippen molar-refractivity contribution in [2.24, 2.45) is 4.99 Å². The lowest BCUT2D eigenvalue weighted by molar-refractivity contribution is 0.265. The highest BCUT2D eigenvalue weighted by molar-refractivity contribution is 5.79. The number of rotatable bonds is 9. The molecule has 0 radical (unpaired) electrons. The summed E-state index contributed by atoms with van der Waals surface area (Å²) in [6.45, 7) is 9.62. The van der Waals surface area contributed by atoms with Crippen LogP contribution in [-0.4, -0.2) is 37.6 Å². The van der Waals surface area contributed by atoms with E-state index in [2.05, 4.69) is 73.7 Å². The predicted octanol–water partition coefficient (Wildman–Crippen LogP) is 3.79. The molecule has 0 aliphatic carbocycles. The van der Waals surface area contributed by atoms with Crippen LogP contribution in [0.2, 0.25) is 0 Å². The highest BCUT2D eigenvalue weighted by Gasteiger charge is 2.08. The standard InChI is InChI=1S/C23H34N4O/c1-6-24-23(25-15-19-10-9-13-22(14-19)28-5)26-16-20-11-7-8-12-21(20)17-27(4)18(2)3/h7-14,18H,6,15-17H2,1-5H3,(H2,24,25,26). The number of benzene rings is 2. The zero-order valence-corrected chi connectivity index (χ0v) is 17.8. The molecule has 2 aromatic carbocycles. The highest BCUT2D eigenvalue weighted by Crippen LogP contribution is 2.14. The first-order valence-corrected chi connectivity index (χ1v) is 9.95. The zero-order valence-electron chi connectivity index (χ0n) is 17.8. The van der Waals surface area contributed by atoms with Gasteiger partial charge in [-0.15, -0.1) is 0 Å². The summed E-state index contributed by atoms with van der Waals surface area (Å²) in [6.07, 6.45) is 0. The molecule has 2 aromatic rings. The molecule has 0 aromatic heterocycles. The molecule has 5 heteroatoms. The fourth-order valence-corrected chi connectivity index (χ4v) is 2.80. The Morgan fingerprint density at radius 3 is 2.50 bits per heavy atom. The lowest BCUT2D eigenvalue weighted by Crippen LogP contribution is -2.37. The van der Waals surface area contributed by atoms with Crippen molar-refractivity contribution in [3.63, 3.8) is 0 Å². The summed E-state index contributed by atoms with van der Waals surface area (Å²) in [5.74, 6) is 1.67. The van der Waals surface area contributed by atoms with Crippen molar-refractivity contribution >= 4 is 5.96 Å². The van der Waals surface area contributed by atoms with Gasteiger partial charge in [0.1, 0.15) is 5.75 Å². The van der Waals surface area contributed by atoms with Gasteiger partial charge in [0, 0.05) is 25.7 Å². The summed E-state index contributed by atoms with van der Waals surface area (Å²) in [4.78, 5) is 7.07. The lowest BCUT2D eigenvalue weighted by atomic mass is 10.1. The van der Waals surface area contributed by atoms with E-state index in [-0.39, 0.29) is 0 Å².